The summed E-state index contributed by atoms with van der Waals surface area (Å²) in [5.41, 5.74) is 1.42. The molecule has 0 spiro atoms. The van der Waals surface area contributed by atoms with Crippen LogP contribution in [0.5, 0.6) is 0 Å². The van der Waals surface area contributed by atoms with Gasteiger partial charge in [-0.1, -0.05) is 48.5 Å². The Labute approximate surface area is 151 Å². The molecule has 2 aliphatic heterocycles. The van der Waals surface area contributed by atoms with Gasteiger partial charge in [-0.3, -0.25) is 0 Å². The van der Waals surface area contributed by atoms with Crippen molar-refractivity contribution in [1.29, 1.82) is 0 Å². The molecule has 0 aromatic heterocycles. The molecule has 0 radical (unpaired) electrons. The lowest BCUT2D eigenvalue weighted by molar-refractivity contribution is -0.234. The van der Waals surface area contributed by atoms with Crippen LogP contribution in [0.1, 0.15) is 15.9 Å². The molecular weight excluding hydrogens is 336 g/mol. The number of carbonyl (C=O) groups is 1. The van der Waals surface area contributed by atoms with Crippen LogP contribution >= 0.6 is 0 Å². The molecule has 2 fully saturated rings. The second-order valence-corrected chi connectivity index (χ2v) is 6.37. The molecular formula is C20H20O6. The number of benzene rings is 2. The van der Waals surface area contributed by atoms with Crippen molar-refractivity contribution in [3.63, 3.8) is 0 Å². The number of esters is 1. The number of hydrogen-bond acceptors (Lipinski definition) is 6. The fourth-order valence-corrected chi connectivity index (χ4v) is 3.23. The summed E-state index contributed by atoms with van der Waals surface area (Å²) < 4.78 is 22.8. The molecule has 6 nitrogen and oxygen atoms in total. The van der Waals surface area contributed by atoms with Crippen molar-refractivity contribution in [2.24, 2.45) is 0 Å². The molecule has 6 heteroatoms. The minimum atomic E-state index is -0.826. The number of aliphatic hydroxyl groups is 1. The number of rotatable bonds is 5. The Morgan fingerprint density at radius 1 is 1.04 bits per heavy atom. The lowest BCUT2D eigenvalue weighted by Crippen LogP contribution is -2.42. The van der Waals surface area contributed by atoms with Gasteiger partial charge in [0.1, 0.15) is 18.3 Å². The molecule has 0 amide bonds. The molecule has 1 N–H and O–H groups in total. The second-order valence-electron chi connectivity index (χ2n) is 6.37. The van der Waals surface area contributed by atoms with Crippen LogP contribution in [0.3, 0.4) is 0 Å². The normalized spacial score (nSPS) is 30.1. The van der Waals surface area contributed by atoms with E-state index < -0.39 is 36.7 Å². The molecule has 26 heavy (non-hydrogen) atoms. The van der Waals surface area contributed by atoms with Gasteiger partial charge in [0.2, 0.25) is 0 Å². The maximum Gasteiger partial charge on any atom is 0.338 e. The summed E-state index contributed by atoms with van der Waals surface area (Å²) in [5.74, 6) is -0.474. The van der Waals surface area contributed by atoms with E-state index >= 15 is 0 Å². The first-order valence-electron chi connectivity index (χ1n) is 8.59. The Bertz CT molecular complexity index is 734. The van der Waals surface area contributed by atoms with Gasteiger partial charge >= 0.3 is 5.97 Å². The molecule has 0 aliphatic carbocycles. The van der Waals surface area contributed by atoms with Gasteiger partial charge in [-0.05, 0) is 17.7 Å². The van der Waals surface area contributed by atoms with E-state index in [0.717, 1.165) is 5.56 Å². The van der Waals surface area contributed by atoms with Gasteiger partial charge in [0.15, 0.2) is 12.4 Å². The third-order valence-electron chi connectivity index (χ3n) is 4.56. The Morgan fingerprint density at radius 2 is 1.73 bits per heavy atom. The predicted molar refractivity (Wildman–Crippen MR) is 91.3 cm³/mol. The van der Waals surface area contributed by atoms with Crippen molar-refractivity contribution < 1.29 is 28.8 Å². The number of aliphatic hydroxyl groups excluding tert-OH is 1. The van der Waals surface area contributed by atoms with Crippen LogP contribution in [0.4, 0.5) is 0 Å². The average molecular weight is 356 g/mol. The SMILES string of the molecule is O=C(O[C@H]1[C@@H]2OC[C@@H](O)[C@@H](O2)[C@@H]1OCc1ccccc1)c1ccccc1. The summed E-state index contributed by atoms with van der Waals surface area (Å²) >= 11 is 0. The zero-order valence-electron chi connectivity index (χ0n) is 14.1. The molecule has 2 aromatic carbocycles. The molecule has 0 saturated carbocycles. The van der Waals surface area contributed by atoms with E-state index in [9.17, 15) is 9.90 Å². The van der Waals surface area contributed by atoms with E-state index in [2.05, 4.69) is 0 Å². The molecule has 5 atom stereocenters. The molecule has 2 saturated heterocycles. The van der Waals surface area contributed by atoms with Crippen molar-refractivity contribution in [3.05, 3.63) is 71.8 Å². The monoisotopic (exact) mass is 356 g/mol. The Kier molecular flexibility index (Phi) is 4.99. The minimum absolute atomic E-state index is 0.125. The zero-order chi connectivity index (χ0) is 17.9. The first-order chi connectivity index (χ1) is 12.7. The predicted octanol–water partition coefficient (Wildman–Crippen LogP) is 1.91. The largest absolute Gasteiger partial charge is 0.450 e. The maximum absolute atomic E-state index is 12.4. The quantitative estimate of drug-likeness (QED) is 0.825. The fourth-order valence-electron chi connectivity index (χ4n) is 3.23. The highest BCUT2D eigenvalue weighted by molar-refractivity contribution is 5.89. The topological polar surface area (TPSA) is 74.2 Å². The van der Waals surface area contributed by atoms with Crippen LogP contribution in [0.2, 0.25) is 0 Å². The number of ether oxygens (including phenoxy) is 4. The molecule has 2 aliphatic rings. The van der Waals surface area contributed by atoms with Gasteiger partial charge in [-0.25, -0.2) is 4.79 Å². The lowest BCUT2D eigenvalue weighted by Gasteiger charge is -2.26. The molecule has 2 bridgehead atoms. The molecule has 2 aromatic rings. The minimum Gasteiger partial charge on any atom is -0.450 e. The summed E-state index contributed by atoms with van der Waals surface area (Å²) in [6, 6.07) is 18.4. The molecule has 4 rings (SSSR count). The summed E-state index contributed by atoms with van der Waals surface area (Å²) in [6.45, 7) is 0.449. The van der Waals surface area contributed by atoms with Gasteiger partial charge in [0, 0.05) is 0 Å². The van der Waals surface area contributed by atoms with Gasteiger partial charge in [0.05, 0.1) is 18.8 Å². The Balaban J connectivity index is 1.49. The molecule has 136 valence electrons. The first kappa shape index (κ1) is 17.2. The van der Waals surface area contributed by atoms with Crippen molar-refractivity contribution in [2.75, 3.05) is 6.61 Å². The van der Waals surface area contributed by atoms with E-state index in [1.807, 2.05) is 36.4 Å². The highest BCUT2D eigenvalue weighted by atomic mass is 16.7. The summed E-state index contributed by atoms with van der Waals surface area (Å²) in [5, 5.41) is 10.2. The number of hydrogen-bond donors (Lipinski definition) is 1. The van der Waals surface area contributed by atoms with E-state index in [1.54, 1.807) is 24.3 Å². The van der Waals surface area contributed by atoms with Crippen LogP contribution in [0, 0.1) is 0 Å². The van der Waals surface area contributed by atoms with Crippen LogP contribution in [0.15, 0.2) is 60.7 Å². The van der Waals surface area contributed by atoms with Crippen LogP contribution in [0.25, 0.3) is 0 Å². The third-order valence-corrected chi connectivity index (χ3v) is 4.56. The number of fused-ring (bicyclic) bond motifs is 2. The molecule has 0 unspecified atom stereocenters. The van der Waals surface area contributed by atoms with Crippen molar-refractivity contribution in [1.82, 2.24) is 0 Å². The first-order valence-corrected chi connectivity index (χ1v) is 8.59. The van der Waals surface area contributed by atoms with Gasteiger partial charge in [0.25, 0.3) is 0 Å². The van der Waals surface area contributed by atoms with E-state index in [0.29, 0.717) is 12.2 Å². The van der Waals surface area contributed by atoms with Crippen LogP contribution in [-0.2, 0) is 25.6 Å². The number of carbonyl (C=O) groups excluding carboxylic acids is 1. The smallest absolute Gasteiger partial charge is 0.338 e. The van der Waals surface area contributed by atoms with Gasteiger partial charge < -0.3 is 24.1 Å². The van der Waals surface area contributed by atoms with Crippen LogP contribution in [-0.4, -0.2) is 48.4 Å². The second kappa shape index (κ2) is 7.55. The van der Waals surface area contributed by atoms with Gasteiger partial charge in [-0.15, -0.1) is 0 Å². The van der Waals surface area contributed by atoms with E-state index in [4.69, 9.17) is 18.9 Å². The standard InChI is InChI=1S/C20H20O6/c21-15-12-24-20-18(25-19(22)14-9-5-2-6-10-14)17(16(15)26-20)23-11-13-7-3-1-4-8-13/h1-10,15-18,20-21H,11-12H2/t15-,16-,17+,18-,20-/m1/s1. The van der Waals surface area contributed by atoms with Crippen LogP contribution < -0.4 is 0 Å². The molecule has 2 heterocycles. The average Bonchev–Trinajstić information content (AvgIpc) is 2.97. The lowest BCUT2D eigenvalue weighted by atomic mass is 10.1. The maximum atomic E-state index is 12.4. The fraction of sp³-hybridized carbons (Fsp3) is 0.350. The highest BCUT2D eigenvalue weighted by Gasteiger charge is 2.54. The van der Waals surface area contributed by atoms with Crippen molar-refractivity contribution >= 4 is 5.97 Å². The summed E-state index contributed by atoms with van der Waals surface area (Å²) in [7, 11) is 0. The zero-order valence-corrected chi connectivity index (χ0v) is 14.1. The summed E-state index contributed by atoms with van der Waals surface area (Å²) in [6.07, 6.45) is -3.51. The van der Waals surface area contributed by atoms with Crippen molar-refractivity contribution in [2.45, 2.75) is 37.3 Å². The highest BCUT2D eigenvalue weighted by Crippen LogP contribution is 2.34. The van der Waals surface area contributed by atoms with E-state index in [1.165, 1.54) is 0 Å². The van der Waals surface area contributed by atoms with E-state index in [-0.39, 0.29) is 6.61 Å². The van der Waals surface area contributed by atoms with Crippen molar-refractivity contribution in [3.8, 4) is 0 Å². The third kappa shape index (κ3) is 3.50. The Morgan fingerprint density at radius 3 is 2.46 bits per heavy atom. The Hall–Kier alpha value is -2.25. The summed E-state index contributed by atoms with van der Waals surface area (Å²) in [4.78, 5) is 12.4. The van der Waals surface area contributed by atoms with Gasteiger partial charge in [-0.2, -0.15) is 0 Å².